The number of ether oxygens (including phenoxy) is 2. The Labute approximate surface area is 196 Å². The molecular formula is C21H30IN3O4S. The molecule has 0 unspecified atom stereocenters. The molecule has 0 aliphatic heterocycles. The minimum atomic E-state index is -3.27. The number of hydrogen-bond acceptors (Lipinski definition) is 5. The number of methoxy groups -OCH3 is 2. The molecule has 0 aliphatic rings. The van der Waals surface area contributed by atoms with Crippen LogP contribution in [0.3, 0.4) is 0 Å². The molecule has 166 valence electrons. The second kappa shape index (κ2) is 12.6. The number of hydrogen-bond donors (Lipinski definition) is 1. The van der Waals surface area contributed by atoms with Crippen molar-refractivity contribution in [3.05, 3.63) is 54.1 Å². The molecule has 0 saturated heterocycles. The van der Waals surface area contributed by atoms with Gasteiger partial charge in [0.1, 0.15) is 11.5 Å². The SMILES string of the molecule is CN=C(NCCCS(=O)(=O)c1ccccc1)N(C)Cc1ccc(OC)cc1OC.I. The fraction of sp³-hybridized carbons (Fsp3) is 0.381. The van der Waals surface area contributed by atoms with Crippen LogP contribution in [0.2, 0.25) is 0 Å². The lowest BCUT2D eigenvalue weighted by molar-refractivity contribution is 0.382. The van der Waals surface area contributed by atoms with E-state index in [1.807, 2.05) is 30.1 Å². The van der Waals surface area contributed by atoms with Crippen molar-refractivity contribution < 1.29 is 17.9 Å². The highest BCUT2D eigenvalue weighted by molar-refractivity contribution is 14.0. The van der Waals surface area contributed by atoms with Crippen molar-refractivity contribution >= 4 is 39.8 Å². The molecule has 0 saturated carbocycles. The van der Waals surface area contributed by atoms with Crippen LogP contribution in [0, 0.1) is 0 Å². The van der Waals surface area contributed by atoms with E-state index >= 15 is 0 Å². The van der Waals surface area contributed by atoms with Crippen molar-refractivity contribution in [3.8, 4) is 11.5 Å². The monoisotopic (exact) mass is 547 g/mol. The van der Waals surface area contributed by atoms with Gasteiger partial charge in [-0.15, -0.1) is 24.0 Å². The second-order valence-corrected chi connectivity index (χ2v) is 8.60. The zero-order chi connectivity index (χ0) is 21.3. The smallest absolute Gasteiger partial charge is 0.193 e. The third-order valence-electron chi connectivity index (χ3n) is 4.45. The standard InChI is InChI=1S/C21H29N3O4S.HI/c1-22-21(23-13-8-14-29(25,26)19-9-6-5-7-10-19)24(2)16-17-11-12-18(27-3)15-20(17)28-4;/h5-7,9-12,15H,8,13-14,16H2,1-4H3,(H,22,23);1H. The first-order chi connectivity index (χ1) is 13.9. The van der Waals surface area contributed by atoms with E-state index in [0.29, 0.717) is 30.4 Å². The molecule has 0 bridgehead atoms. The summed E-state index contributed by atoms with van der Waals surface area (Å²) in [5.74, 6) is 2.23. The molecule has 0 radical (unpaired) electrons. The van der Waals surface area contributed by atoms with Crippen molar-refractivity contribution in [2.24, 2.45) is 4.99 Å². The van der Waals surface area contributed by atoms with E-state index in [4.69, 9.17) is 9.47 Å². The summed E-state index contributed by atoms with van der Waals surface area (Å²) < 4.78 is 35.4. The summed E-state index contributed by atoms with van der Waals surface area (Å²) in [6.07, 6.45) is 0.482. The maximum absolute atomic E-state index is 12.4. The van der Waals surface area contributed by atoms with Crippen LogP contribution in [0.4, 0.5) is 0 Å². The fourth-order valence-corrected chi connectivity index (χ4v) is 4.24. The molecule has 2 aromatic rings. The first kappa shape index (κ1) is 26.0. The van der Waals surface area contributed by atoms with Crippen LogP contribution >= 0.6 is 24.0 Å². The van der Waals surface area contributed by atoms with E-state index in [1.165, 1.54) is 0 Å². The van der Waals surface area contributed by atoms with E-state index in [2.05, 4.69) is 10.3 Å². The van der Waals surface area contributed by atoms with Gasteiger partial charge in [-0.1, -0.05) is 18.2 Å². The summed E-state index contributed by atoms with van der Waals surface area (Å²) >= 11 is 0. The van der Waals surface area contributed by atoms with Crippen molar-refractivity contribution in [3.63, 3.8) is 0 Å². The van der Waals surface area contributed by atoms with Gasteiger partial charge in [-0.25, -0.2) is 8.42 Å². The quantitative estimate of drug-likeness (QED) is 0.225. The maximum atomic E-state index is 12.4. The summed E-state index contributed by atoms with van der Waals surface area (Å²) in [5, 5.41) is 3.22. The highest BCUT2D eigenvalue weighted by Gasteiger charge is 2.14. The summed E-state index contributed by atoms with van der Waals surface area (Å²) in [5.41, 5.74) is 0.991. The Morgan fingerprint density at radius 3 is 2.40 bits per heavy atom. The predicted molar refractivity (Wildman–Crippen MR) is 131 cm³/mol. The van der Waals surface area contributed by atoms with Crippen LogP contribution in [0.15, 0.2) is 58.4 Å². The number of aliphatic imine (C=N–C) groups is 1. The Kier molecular flexibility index (Phi) is 11.0. The van der Waals surface area contributed by atoms with Gasteiger partial charge < -0.3 is 19.7 Å². The first-order valence-electron chi connectivity index (χ1n) is 9.31. The van der Waals surface area contributed by atoms with Gasteiger partial charge >= 0.3 is 0 Å². The summed E-state index contributed by atoms with van der Waals surface area (Å²) in [4.78, 5) is 6.59. The average Bonchev–Trinajstić information content (AvgIpc) is 2.74. The normalized spacial score (nSPS) is 11.4. The van der Waals surface area contributed by atoms with E-state index < -0.39 is 9.84 Å². The second-order valence-electron chi connectivity index (χ2n) is 6.49. The Bertz CT molecular complexity index is 921. The topological polar surface area (TPSA) is 80.2 Å². The molecular weight excluding hydrogens is 517 g/mol. The first-order valence-corrected chi connectivity index (χ1v) is 11.0. The van der Waals surface area contributed by atoms with Crippen LogP contribution < -0.4 is 14.8 Å². The van der Waals surface area contributed by atoms with Gasteiger partial charge in [-0.05, 0) is 30.7 Å². The number of guanidine groups is 1. The van der Waals surface area contributed by atoms with Crippen molar-refractivity contribution in [2.75, 3.05) is 40.6 Å². The minimum Gasteiger partial charge on any atom is -0.497 e. The Hall–Kier alpha value is -2.01. The largest absolute Gasteiger partial charge is 0.497 e. The van der Waals surface area contributed by atoms with Crippen LogP contribution in [-0.2, 0) is 16.4 Å². The van der Waals surface area contributed by atoms with Crippen molar-refractivity contribution in [2.45, 2.75) is 17.9 Å². The van der Waals surface area contributed by atoms with Gasteiger partial charge in [0.25, 0.3) is 0 Å². The van der Waals surface area contributed by atoms with Gasteiger partial charge in [0, 0.05) is 38.8 Å². The number of rotatable bonds is 9. The molecule has 2 rings (SSSR count). The van der Waals surface area contributed by atoms with Gasteiger partial charge in [-0.3, -0.25) is 4.99 Å². The van der Waals surface area contributed by atoms with Gasteiger partial charge in [-0.2, -0.15) is 0 Å². The summed E-state index contributed by atoms with van der Waals surface area (Å²) in [7, 11) is 3.58. The molecule has 0 amide bonds. The molecule has 2 aromatic carbocycles. The zero-order valence-corrected chi connectivity index (χ0v) is 20.9. The number of benzene rings is 2. The highest BCUT2D eigenvalue weighted by atomic mass is 127. The molecule has 0 fully saturated rings. The van der Waals surface area contributed by atoms with Crippen LogP contribution in [0.1, 0.15) is 12.0 Å². The predicted octanol–water partition coefficient (Wildman–Crippen LogP) is 3.19. The Morgan fingerprint density at radius 1 is 1.10 bits per heavy atom. The van der Waals surface area contributed by atoms with Gasteiger partial charge in [0.15, 0.2) is 15.8 Å². The van der Waals surface area contributed by atoms with E-state index in [-0.39, 0.29) is 29.7 Å². The zero-order valence-electron chi connectivity index (χ0n) is 17.8. The van der Waals surface area contributed by atoms with Crippen molar-refractivity contribution in [1.29, 1.82) is 0 Å². The van der Waals surface area contributed by atoms with E-state index in [9.17, 15) is 8.42 Å². The number of sulfone groups is 1. The molecule has 0 aliphatic carbocycles. The lowest BCUT2D eigenvalue weighted by atomic mass is 10.2. The number of halogens is 1. The Balaban J connectivity index is 0.00000450. The molecule has 1 N–H and O–H groups in total. The lowest BCUT2D eigenvalue weighted by Gasteiger charge is -2.23. The third kappa shape index (κ3) is 7.35. The molecule has 0 spiro atoms. The van der Waals surface area contributed by atoms with E-state index in [0.717, 1.165) is 17.1 Å². The maximum Gasteiger partial charge on any atom is 0.193 e. The van der Waals surface area contributed by atoms with Crippen LogP contribution in [-0.4, -0.2) is 59.9 Å². The van der Waals surface area contributed by atoms with Crippen LogP contribution in [0.25, 0.3) is 0 Å². The van der Waals surface area contributed by atoms with Crippen molar-refractivity contribution in [1.82, 2.24) is 10.2 Å². The van der Waals surface area contributed by atoms with Gasteiger partial charge in [0.2, 0.25) is 0 Å². The minimum absolute atomic E-state index is 0. The third-order valence-corrected chi connectivity index (χ3v) is 6.27. The molecule has 7 nitrogen and oxygen atoms in total. The Morgan fingerprint density at radius 2 is 1.80 bits per heavy atom. The number of nitrogens with one attached hydrogen (secondary N) is 1. The summed E-state index contributed by atoms with van der Waals surface area (Å²) in [6, 6.07) is 14.2. The average molecular weight is 547 g/mol. The van der Waals surface area contributed by atoms with Crippen LogP contribution in [0.5, 0.6) is 11.5 Å². The van der Waals surface area contributed by atoms with Gasteiger partial charge in [0.05, 0.1) is 24.9 Å². The van der Waals surface area contributed by atoms with E-state index in [1.54, 1.807) is 51.6 Å². The molecule has 0 atom stereocenters. The molecule has 0 heterocycles. The fourth-order valence-electron chi connectivity index (χ4n) is 2.91. The summed E-state index contributed by atoms with van der Waals surface area (Å²) in [6.45, 7) is 1.08. The molecule has 9 heteroatoms. The molecule has 30 heavy (non-hydrogen) atoms. The lowest BCUT2D eigenvalue weighted by Crippen LogP contribution is -2.39. The molecule has 0 aromatic heterocycles. The number of nitrogens with zero attached hydrogens (tertiary/aromatic N) is 2. The highest BCUT2D eigenvalue weighted by Crippen LogP contribution is 2.25.